The molecule has 0 aliphatic heterocycles. The summed E-state index contributed by atoms with van der Waals surface area (Å²) in [5, 5.41) is 4.27. The van der Waals surface area contributed by atoms with Crippen molar-refractivity contribution in [3.05, 3.63) is 53.3 Å². The van der Waals surface area contributed by atoms with Crippen LogP contribution < -0.4 is 5.73 Å². The van der Waals surface area contributed by atoms with E-state index in [2.05, 4.69) is 37.1 Å². The van der Waals surface area contributed by atoms with Gasteiger partial charge in [-0.3, -0.25) is 4.68 Å². The molecule has 3 heteroatoms. The van der Waals surface area contributed by atoms with Gasteiger partial charge in [0.15, 0.2) is 0 Å². The topological polar surface area (TPSA) is 43.8 Å². The molecule has 0 saturated heterocycles. The Morgan fingerprint density at radius 2 is 2.19 bits per heavy atom. The van der Waals surface area contributed by atoms with Gasteiger partial charge in [-0.05, 0) is 31.0 Å². The van der Waals surface area contributed by atoms with Crippen molar-refractivity contribution in [3.8, 4) is 0 Å². The van der Waals surface area contributed by atoms with Gasteiger partial charge in [0.1, 0.15) is 0 Å². The molecule has 1 unspecified atom stereocenters. The highest BCUT2D eigenvalue weighted by atomic mass is 15.3. The molecule has 0 aliphatic carbocycles. The van der Waals surface area contributed by atoms with Crippen LogP contribution in [-0.4, -0.2) is 16.3 Å². The van der Waals surface area contributed by atoms with Crippen molar-refractivity contribution < 1.29 is 0 Å². The Bertz CT molecular complexity index is 460. The molecule has 3 nitrogen and oxygen atoms in total. The number of hydrogen-bond donors (Lipinski definition) is 1. The van der Waals surface area contributed by atoms with Gasteiger partial charge in [-0.15, -0.1) is 0 Å². The summed E-state index contributed by atoms with van der Waals surface area (Å²) in [7, 11) is 0. The standard InChI is InChI=1S/C13H17N3/c1-10-4-5-11(2)12(8-10)13(9-14)16-7-3-6-15-16/h3-8,13H,9,14H2,1-2H3. The number of benzene rings is 1. The lowest BCUT2D eigenvalue weighted by Crippen LogP contribution is -2.21. The Hall–Kier alpha value is -1.61. The normalized spacial score (nSPS) is 12.7. The van der Waals surface area contributed by atoms with Crippen LogP contribution in [-0.2, 0) is 0 Å². The van der Waals surface area contributed by atoms with Crippen LogP contribution >= 0.6 is 0 Å². The van der Waals surface area contributed by atoms with Gasteiger partial charge in [0, 0.05) is 18.9 Å². The van der Waals surface area contributed by atoms with Gasteiger partial charge in [0.2, 0.25) is 0 Å². The summed E-state index contributed by atoms with van der Waals surface area (Å²) < 4.78 is 1.92. The zero-order chi connectivity index (χ0) is 11.5. The molecule has 0 radical (unpaired) electrons. The van der Waals surface area contributed by atoms with Crippen LogP contribution in [0.25, 0.3) is 0 Å². The molecule has 2 N–H and O–H groups in total. The fourth-order valence-electron chi connectivity index (χ4n) is 1.96. The molecule has 0 spiro atoms. The van der Waals surface area contributed by atoms with E-state index in [0.717, 1.165) is 0 Å². The molecule has 1 aromatic carbocycles. The van der Waals surface area contributed by atoms with Crippen molar-refractivity contribution in [2.24, 2.45) is 5.73 Å². The lowest BCUT2D eigenvalue weighted by molar-refractivity contribution is 0.529. The van der Waals surface area contributed by atoms with E-state index in [1.807, 2.05) is 16.9 Å². The van der Waals surface area contributed by atoms with Crippen LogP contribution in [0.5, 0.6) is 0 Å². The van der Waals surface area contributed by atoms with Gasteiger partial charge in [-0.25, -0.2) is 0 Å². The molecular weight excluding hydrogens is 198 g/mol. The van der Waals surface area contributed by atoms with Crippen molar-refractivity contribution in [3.63, 3.8) is 0 Å². The van der Waals surface area contributed by atoms with Crippen LogP contribution in [0.3, 0.4) is 0 Å². The summed E-state index contributed by atoms with van der Waals surface area (Å²) in [6, 6.07) is 8.50. The minimum atomic E-state index is 0.134. The Morgan fingerprint density at radius 1 is 1.38 bits per heavy atom. The first-order valence-electron chi connectivity index (χ1n) is 5.48. The van der Waals surface area contributed by atoms with Crippen LogP contribution in [0.15, 0.2) is 36.7 Å². The van der Waals surface area contributed by atoms with E-state index in [0.29, 0.717) is 6.54 Å². The van der Waals surface area contributed by atoms with Crippen LogP contribution in [0.1, 0.15) is 22.7 Å². The second-order valence-electron chi connectivity index (χ2n) is 4.10. The van der Waals surface area contributed by atoms with E-state index >= 15 is 0 Å². The minimum absolute atomic E-state index is 0.134. The minimum Gasteiger partial charge on any atom is -0.328 e. The summed E-state index contributed by atoms with van der Waals surface area (Å²) >= 11 is 0. The van der Waals surface area contributed by atoms with E-state index in [4.69, 9.17) is 5.73 Å². The highest BCUT2D eigenvalue weighted by Crippen LogP contribution is 2.21. The number of nitrogens with zero attached hydrogens (tertiary/aromatic N) is 2. The number of rotatable bonds is 3. The Balaban J connectivity index is 2.44. The molecule has 0 fully saturated rings. The molecule has 1 atom stereocenters. The maximum Gasteiger partial charge on any atom is 0.0893 e. The third-order valence-corrected chi connectivity index (χ3v) is 2.86. The number of hydrogen-bond acceptors (Lipinski definition) is 2. The smallest absolute Gasteiger partial charge is 0.0893 e. The lowest BCUT2D eigenvalue weighted by Gasteiger charge is -2.18. The van der Waals surface area contributed by atoms with Crippen molar-refractivity contribution in [2.45, 2.75) is 19.9 Å². The van der Waals surface area contributed by atoms with E-state index in [1.54, 1.807) is 6.20 Å². The average molecular weight is 215 g/mol. The highest BCUT2D eigenvalue weighted by Gasteiger charge is 2.14. The number of aromatic nitrogens is 2. The van der Waals surface area contributed by atoms with Gasteiger partial charge >= 0.3 is 0 Å². The van der Waals surface area contributed by atoms with Gasteiger partial charge in [-0.1, -0.05) is 23.8 Å². The summed E-state index contributed by atoms with van der Waals surface area (Å²) in [5.74, 6) is 0. The Kier molecular flexibility index (Phi) is 3.06. The predicted octanol–water partition coefficient (Wildman–Crippen LogP) is 2.05. The average Bonchev–Trinajstić information content (AvgIpc) is 2.78. The van der Waals surface area contributed by atoms with Crippen molar-refractivity contribution in [1.82, 2.24) is 9.78 Å². The molecule has 16 heavy (non-hydrogen) atoms. The molecule has 1 aromatic heterocycles. The maximum atomic E-state index is 5.85. The van der Waals surface area contributed by atoms with E-state index < -0.39 is 0 Å². The zero-order valence-electron chi connectivity index (χ0n) is 9.72. The van der Waals surface area contributed by atoms with Crippen molar-refractivity contribution in [1.29, 1.82) is 0 Å². The molecule has 0 bridgehead atoms. The third kappa shape index (κ3) is 1.99. The fourth-order valence-corrected chi connectivity index (χ4v) is 1.96. The summed E-state index contributed by atoms with van der Waals surface area (Å²) in [5.41, 5.74) is 9.63. The second-order valence-corrected chi connectivity index (χ2v) is 4.10. The van der Waals surface area contributed by atoms with Gasteiger partial charge in [0.05, 0.1) is 6.04 Å². The molecule has 0 aliphatic rings. The zero-order valence-corrected chi connectivity index (χ0v) is 9.72. The Morgan fingerprint density at radius 3 is 2.81 bits per heavy atom. The molecule has 2 aromatic rings. The highest BCUT2D eigenvalue weighted by molar-refractivity contribution is 5.33. The van der Waals surface area contributed by atoms with Crippen molar-refractivity contribution in [2.75, 3.05) is 6.54 Å². The predicted molar refractivity (Wildman–Crippen MR) is 65.3 cm³/mol. The number of aryl methyl sites for hydroxylation is 2. The quantitative estimate of drug-likeness (QED) is 0.851. The summed E-state index contributed by atoms with van der Waals surface area (Å²) in [4.78, 5) is 0. The molecule has 0 amide bonds. The first-order chi connectivity index (χ1) is 7.72. The third-order valence-electron chi connectivity index (χ3n) is 2.86. The monoisotopic (exact) mass is 215 g/mol. The SMILES string of the molecule is Cc1ccc(C)c(C(CN)n2cccn2)c1. The first-order valence-corrected chi connectivity index (χ1v) is 5.48. The molecule has 0 saturated carbocycles. The van der Waals surface area contributed by atoms with Crippen molar-refractivity contribution >= 4 is 0 Å². The van der Waals surface area contributed by atoms with E-state index in [9.17, 15) is 0 Å². The first kappa shape index (κ1) is 10.9. The van der Waals surface area contributed by atoms with Gasteiger partial charge in [0.25, 0.3) is 0 Å². The Labute approximate surface area is 95.9 Å². The van der Waals surface area contributed by atoms with E-state index in [1.165, 1.54) is 16.7 Å². The van der Waals surface area contributed by atoms with Crippen LogP contribution in [0.4, 0.5) is 0 Å². The summed E-state index contributed by atoms with van der Waals surface area (Å²) in [6.07, 6.45) is 3.74. The fraction of sp³-hybridized carbons (Fsp3) is 0.308. The van der Waals surface area contributed by atoms with Gasteiger partial charge < -0.3 is 5.73 Å². The van der Waals surface area contributed by atoms with Crippen LogP contribution in [0.2, 0.25) is 0 Å². The largest absolute Gasteiger partial charge is 0.328 e. The lowest BCUT2D eigenvalue weighted by atomic mass is 9.99. The van der Waals surface area contributed by atoms with E-state index in [-0.39, 0.29) is 6.04 Å². The maximum absolute atomic E-state index is 5.85. The molecule has 84 valence electrons. The molecule has 1 heterocycles. The molecular formula is C13H17N3. The number of nitrogens with two attached hydrogens (primary N) is 1. The van der Waals surface area contributed by atoms with Crippen LogP contribution in [0, 0.1) is 13.8 Å². The second kappa shape index (κ2) is 4.49. The van der Waals surface area contributed by atoms with Gasteiger partial charge in [-0.2, -0.15) is 5.10 Å². The molecule has 2 rings (SSSR count). The summed E-state index contributed by atoms with van der Waals surface area (Å²) in [6.45, 7) is 4.77.